The van der Waals surface area contributed by atoms with E-state index in [-0.39, 0.29) is 28.3 Å². The number of aromatic amines is 1. The van der Waals surface area contributed by atoms with E-state index in [1.807, 2.05) is 0 Å². The number of piperidine rings is 1. The van der Waals surface area contributed by atoms with Gasteiger partial charge in [0.05, 0.1) is 29.0 Å². The molecule has 0 radical (unpaired) electrons. The number of hydrogen-bond donors (Lipinski definition) is 3. The normalized spacial score (nSPS) is 16.6. The number of H-pyrrole nitrogens is 1. The summed E-state index contributed by atoms with van der Waals surface area (Å²) in [6.07, 6.45) is -1.26. The maximum absolute atomic E-state index is 13.8. The molecule has 0 saturated carbocycles. The summed E-state index contributed by atoms with van der Waals surface area (Å²) in [6, 6.07) is 3.15. The highest BCUT2D eigenvalue weighted by Gasteiger charge is 2.36. The fourth-order valence-corrected chi connectivity index (χ4v) is 4.21. The molecule has 1 amide bonds. The lowest BCUT2D eigenvalue weighted by Gasteiger charge is -2.24. The number of ether oxygens (including phenoxy) is 1. The third-order valence-electron chi connectivity index (χ3n) is 5.56. The van der Waals surface area contributed by atoms with Crippen LogP contribution in [0.4, 0.5) is 29.6 Å². The minimum atomic E-state index is -4.65. The molecule has 3 N–H and O–H groups in total. The molecule has 0 spiro atoms. The first kappa shape index (κ1) is 23.1. The first-order valence-corrected chi connectivity index (χ1v) is 10.6. The fourth-order valence-electron chi connectivity index (χ4n) is 3.86. The lowest BCUT2D eigenvalue weighted by molar-refractivity contribution is -0.137. The SMILES string of the molecule is COC(=O)N(C)c1ccc2c(-c3nc(N[C@H]4CCCNC4)ncc3C(F)(F)F)c[nH]c2c1Cl. The van der Waals surface area contributed by atoms with E-state index in [4.69, 9.17) is 16.3 Å². The van der Waals surface area contributed by atoms with Crippen molar-refractivity contribution < 1.29 is 22.7 Å². The van der Waals surface area contributed by atoms with Crippen LogP contribution < -0.4 is 15.5 Å². The quantitative estimate of drug-likeness (QED) is 0.500. The Morgan fingerprint density at radius 2 is 2.15 bits per heavy atom. The molecular formula is C21H22ClF3N6O2. The minimum Gasteiger partial charge on any atom is -0.452 e. The van der Waals surface area contributed by atoms with Crippen molar-refractivity contribution >= 4 is 40.2 Å². The van der Waals surface area contributed by atoms with E-state index in [2.05, 4.69) is 25.6 Å². The van der Waals surface area contributed by atoms with E-state index in [1.54, 1.807) is 12.1 Å². The van der Waals surface area contributed by atoms with Crippen molar-refractivity contribution in [3.8, 4) is 11.3 Å². The minimum absolute atomic E-state index is 0.0252. The molecule has 8 nitrogen and oxygen atoms in total. The summed E-state index contributed by atoms with van der Waals surface area (Å²) in [7, 11) is 2.72. The topological polar surface area (TPSA) is 95.2 Å². The number of anilines is 2. The lowest BCUT2D eigenvalue weighted by Crippen LogP contribution is -2.38. The van der Waals surface area contributed by atoms with E-state index in [9.17, 15) is 18.0 Å². The van der Waals surface area contributed by atoms with Gasteiger partial charge in [-0.3, -0.25) is 4.90 Å². The number of nitrogens with zero attached hydrogens (tertiary/aromatic N) is 3. The summed E-state index contributed by atoms with van der Waals surface area (Å²) in [4.78, 5) is 24.1. The summed E-state index contributed by atoms with van der Waals surface area (Å²) >= 11 is 6.47. The van der Waals surface area contributed by atoms with Crippen molar-refractivity contribution in [3.63, 3.8) is 0 Å². The van der Waals surface area contributed by atoms with Gasteiger partial charge >= 0.3 is 12.3 Å². The predicted molar refractivity (Wildman–Crippen MR) is 120 cm³/mol. The largest absolute Gasteiger partial charge is 0.452 e. The Hall–Kier alpha value is -3.05. The van der Waals surface area contributed by atoms with Crippen LogP contribution in [0.5, 0.6) is 0 Å². The molecule has 4 rings (SSSR count). The van der Waals surface area contributed by atoms with E-state index >= 15 is 0 Å². The zero-order valence-electron chi connectivity index (χ0n) is 17.9. The Balaban J connectivity index is 1.79. The molecule has 3 heterocycles. The molecule has 0 bridgehead atoms. The number of fused-ring (bicyclic) bond motifs is 1. The third kappa shape index (κ3) is 4.55. The predicted octanol–water partition coefficient (Wildman–Crippen LogP) is 4.66. The number of halogens is 4. The molecule has 0 unspecified atom stereocenters. The average molecular weight is 483 g/mol. The van der Waals surface area contributed by atoms with Gasteiger partial charge in [0, 0.05) is 43.0 Å². The fraction of sp³-hybridized carbons (Fsp3) is 0.381. The number of carbonyl (C=O) groups is 1. The van der Waals surface area contributed by atoms with Crippen molar-refractivity contribution in [2.45, 2.75) is 25.1 Å². The van der Waals surface area contributed by atoms with Gasteiger partial charge in [-0.25, -0.2) is 14.8 Å². The number of benzene rings is 1. The maximum Gasteiger partial charge on any atom is 0.419 e. The summed E-state index contributed by atoms with van der Waals surface area (Å²) in [5, 5.41) is 6.95. The molecule has 2 aromatic heterocycles. The van der Waals surface area contributed by atoms with Crippen LogP contribution in [0, 0.1) is 0 Å². The number of aromatic nitrogens is 3. The van der Waals surface area contributed by atoms with Crippen molar-refractivity contribution in [3.05, 3.63) is 35.1 Å². The van der Waals surface area contributed by atoms with E-state index < -0.39 is 17.8 Å². The van der Waals surface area contributed by atoms with Crippen LogP contribution in [0.1, 0.15) is 18.4 Å². The standard InChI is InChI=1S/C21H22ClF3N6O2/c1-31(20(32)33-2)15-6-5-12-13(9-27-18(12)16(15)22)17-14(21(23,24)25)10-28-19(30-17)29-11-4-3-7-26-8-11/h5-6,9-11,26-27H,3-4,7-8H2,1-2H3,(H,28,29,30)/t11-/m0/s1. The number of nitrogens with one attached hydrogen (secondary N) is 3. The van der Waals surface area contributed by atoms with E-state index in [1.165, 1.54) is 25.3 Å². The van der Waals surface area contributed by atoms with Crippen LogP contribution in [0.3, 0.4) is 0 Å². The number of rotatable bonds is 4. The van der Waals surface area contributed by atoms with Crippen LogP contribution in [0.2, 0.25) is 5.02 Å². The summed E-state index contributed by atoms with van der Waals surface area (Å²) < 4.78 is 46.1. The van der Waals surface area contributed by atoms with Gasteiger partial charge in [-0.1, -0.05) is 11.6 Å². The molecule has 1 aliphatic heterocycles. The molecule has 12 heteroatoms. The highest BCUT2D eigenvalue weighted by molar-refractivity contribution is 6.38. The van der Waals surface area contributed by atoms with Crippen molar-refractivity contribution in [1.82, 2.24) is 20.3 Å². The number of carbonyl (C=O) groups excluding carboxylic acids is 1. The Kier molecular flexibility index (Phi) is 6.35. The Bertz CT molecular complexity index is 1180. The monoisotopic (exact) mass is 482 g/mol. The molecular weight excluding hydrogens is 461 g/mol. The number of alkyl halides is 3. The molecule has 1 aliphatic rings. The zero-order valence-corrected chi connectivity index (χ0v) is 18.6. The van der Waals surface area contributed by atoms with E-state index in [0.29, 0.717) is 23.1 Å². The zero-order chi connectivity index (χ0) is 23.8. The van der Waals surface area contributed by atoms with Crippen molar-refractivity contribution in [1.29, 1.82) is 0 Å². The number of hydrogen-bond acceptors (Lipinski definition) is 6. The summed E-state index contributed by atoms with van der Waals surface area (Å²) in [5.41, 5.74) is -0.283. The molecule has 1 fully saturated rings. The van der Waals surface area contributed by atoms with Crippen LogP contribution >= 0.6 is 11.6 Å². The molecule has 176 valence electrons. The third-order valence-corrected chi connectivity index (χ3v) is 5.94. The Morgan fingerprint density at radius 3 is 2.82 bits per heavy atom. The summed E-state index contributed by atoms with van der Waals surface area (Å²) in [6.45, 7) is 1.58. The highest BCUT2D eigenvalue weighted by Crippen LogP contribution is 2.41. The van der Waals surface area contributed by atoms with Crippen LogP contribution in [-0.4, -0.2) is 54.3 Å². The van der Waals surface area contributed by atoms with Gasteiger partial charge in [0.15, 0.2) is 0 Å². The van der Waals surface area contributed by atoms with Gasteiger partial charge in [-0.2, -0.15) is 13.2 Å². The lowest BCUT2D eigenvalue weighted by atomic mass is 10.0. The highest BCUT2D eigenvalue weighted by atomic mass is 35.5. The second-order valence-corrected chi connectivity index (χ2v) is 8.07. The van der Waals surface area contributed by atoms with Gasteiger partial charge in [0.2, 0.25) is 5.95 Å². The second-order valence-electron chi connectivity index (χ2n) is 7.69. The Labute approximate surface area is 192 Å². The van der Waals surface area contributed by atoms with E-state index in [0.717, 1.165) is 25.6 Å². The van der Waals surface area contributed by atoms with Crippen molar-refractivity contribution in [2.75, 3.05) is 37.5 Å². The Morgan fingerprint density at radius 1 is 1.36 bits per heavy atom. The van der Waals surface area contributed by atoms with Crippen molar-refractivity contribution in [2.24, 2.45) is 0 Å². The molecule has 1 saturated heterocycles. The first-order valence-electron chi connectivity index (χ1n) is 10.2. The smallest absolute Gasteiger partial charge is 0.419 e. The van der Waals surface area contributed by atoms with Gasteiger partial charge in [-0.15, -0.1) is 0 Å². The second kappa shape index (κ2) is 9.06. The van der Waals surface area contributed by atoms with Gasteiger partial charge < -0.3 is 20.4 Å². The molecule has 3 aromatic rings. The molecule has 1 atom stereocenters. The van der Waals surface area contributed by atoms with Crippen LogP contribution in [-0.2, 0) is 10.9 Å². The molecule has 0 aliphatic carbocycles. The average Bonchev–Trinajstić information content (AvgIpc) is 3.23. The van der Waals surface area contributed by atoms with Crippen LogP contribution in [0.25, 0.3) is 22.2 Å². The molecule has 1 aromatic carbocycles. The molecule has 33 heavy (non-hydrogen) atoms. The van der Waals surface area contributed by atoms with Gasteiger partial charge in [0.25, 0.3) is 0 Å². The van der Waals surface area contributed by atoms with Gasteiger partial charge in [0.1, 0.15) is 5.56 Å². The van der Waals surface area contributed by atoms with Crippen LogP contribution in [0.15, 0.2) is 24.5 Å². The number of methoxy groups -OCH3 is 1. The summed E-state index contributed by atoms with van der Waals surface area (Å²) in [5.74, 6) is 0.120. The number of amides is 1. The maximum atomic E-state index is 13.8. The van der Waals surface area contributed by atoms with Gasteiger partial charge in [-0.05, 0) is 31.5 Å². The first-order chi connectivity index (χ1) is 15.7.